The number of sulfonamides is 1. The molecule has 0 saturated carbocycles. The zero-order chi connectivity index (χ0) is 21.7. The molecule has 2 N–H and O–H groups in total. The highest BCUT2D eigenvalue weighted by molar-refractivity contribution is 7.92. The molecule has 0 aliphatic heterocycles. The smallest absolute Gasteiger partial charge is 0.262 e. The molecule has 0 radical (unpaired) electrons. The van der Waals surface area contributed by atoms with E-state index in [2.05, 4.69) is 10.0 Å². The molecule has 3 aromatic rings. The normalized spacial score (nSPS) is 11.0. The fourth-order valence-corrected chi connectivity index (χ4v) is 4.06. The summed E-state index contributed by atoms with van der Waals surface area (Å²) in [4.78, 5) is 12.5. The zero-order valence-electron chi connectivity index (χ0n) is 16.5. The summed E-state index contributed by atoms with van der Waals surface area (Å²) in [6, 6.07) is 17.8. The molecule has 0 aromatic heterocycles. The van der Waals surface area contributed by atoms with Crippen LogP contribution >= 0.6 is 11.6 Å². The lowest BCUT2D eigenvalue weighted by atomic mass is 10.1. The van der Waals surface area contributed by atoms with Crippen LogP contribution < -0.4 is 14.8 Å². The van der Waals surface area contributed by atoms with E-state index in [9.17, 15) is 13.2 Å². The summed E-state index contributed by atoms with van der Waals surface area (Å²) in [6.07, 6.45) is 0. The van der Waals surface area contributed by atoms with Gasteiger partial charge in [-0.25, -0.2) is 8.42 Å². The Morgan fingerprint density at radius 3 is 2.37 bits per heavy atom. The number of amides is 1. The maximum atomic E-state index is 12.8. The van der Waals surface area contributed by atoms with Gasteiger partial charge in [-0.15, -0.1) is 0 Å². The van der Waals surface area contributed by atoms with Gasteiger partial charge in [0.25, 0.3) is 15.9 Å². The number of rotatable bonds is 7. The molecular weight excluding hydrogens is 424 g/mol. The van der Waals surface area contributed by atoms with Gasteiger partial charge in [0.1, 0.15) is 5.75 Å². The van der Waals surface area contributed by atoms with Crippen LogP contribution in [0.2, 0.25) is 5.02 Å². The van der Waals surface area contributed by atoms with Crippen LogP contribution in [0.4, 0.5) is 11.4 Å². The molecule has 0 bridgehead atoms. The van der Waals surface area contributed by atoms with Gasteiger partial charge in [0, 0.05) is 16.3 Å². The Balaban J connectivity index is 1.80. The molecule has 3 rings (SSSR count). The molecule has 0 unspecified atom stereocenters. The van der Waals surface area contributed by atoms with Crippen LogP contribution in [0.5, 0.6) is 5.75 Å². The van der Waals surface area contributed by atoms with Crippen molar-refractivity contribution in [2.24, 2.45) is 0 Å². The summed E-state index contributed by atoms with van der Waals surface area (Å²) in [5.74, 6) is 0.140. The molecular formula is C22H21ClN2O4S. The molecule has 0 spiro atoms. The number of carbonyl (C=O) groups excluding carboxylic acids is 1. The summed E-state index contributed by atoms with van der Waals surface area (Å²) < 4.78 is 33.7. The van der Waals surface area contributed by atoms with Crippen molar-refractivity contribution in [3.8, 4) is 5.75 Å². The van der Waals surface area contributed by atoms with Gasteiger partial charge >= 0.3 is 0 Å². The van der Waals surface area contributed by atoms with Crippen molar-refractivity contribution < 1.29 is 17.9 Å². The van der Waals surface area contributed by atoms with E-state index in [1.54, 1.807) is 61.5 Å². The van der Waals surface area contributed by atoms with Crippen LogP contribution in [-0.4, -0.2) is 20.9 Å². The molecule has 0 aliphatic carbocycles. The second-order valence-corrected chi connectivity index (χ2v) is 8.59. The quantitative estimate of drug-likeness (QED) is 0.531. The van der Waals surface area contributed by atoms with Gasteiger partial charge < -0.3 is 10.1 Å². The Morgan fingerprint density at radius 1 is 1.00 bits per heavy atom. The van der Waals surface area contributed by atoms with Gasteiger partial charge in [0.05, 0.1) is 17.2 Å². The van der Waals surface area contributed by atoms with Crippen LogP contribution in [0, 0.1) is 6.92 Å². The highest BCUT2D eigenvalue weighted by Crippen LogP contribution is 2.28. The predicted molar refractivity (Wildman–Crippen MR) is 119 cm³/mol. The molecule has 8 heteroatoms. The number of ether oxygens (including phenoxy) is 1. The lowest BCUT2D eigenvalue weighted by molar-refractivity contribution is 0.102. The van der Waals surface area contributed by atoms with Crippen LogP contribution in [-0.2, 0) is 10.0 Å². The fraction of sp³-hybridized carbons (Fsp3) is 0.136. The number of hydrogen-bond acceptors (Lipinski definition) is 4. The predicted octanol–water partition coefficient (Wildman–Crippen LogP) is 5.10. The number of halogens is 1. The van der Waals surface area contributed by atoms with Gasteiger partial charge in [-0.1, -0.05) is 23.7 Å². The van der Waals surface area contributed by atoms with Gasteiger partial charge in [-0.05, 0) is 74.0 Å². The number of carbonyl (C=O) groups is 1. The molecule has 0 saturated heterocycles. The summed E-state index contributed by atoms with van der Waals surface area (Å²) in [7, 11) is -3.84. The average Bonchev–Trinajstić information content (AvgIpc) is 2.71. The van der Waals surface area contributed by atoms with Crippen LogP contribution in [0.15, 0.2) is 71.6 Å². The lowest BCUT2D eigenvalue weighted by Gasteiger charge is -2.14. The summed E-state index contributed by atoms with van der Waals surface area (Å²) >= 11 is 5.84. The van der Waals surface area contributed by atoms with Crippen molar-refractivity contribution >= 4 is 38.9 Å². The van der Waals surface area contributed by atoms with E-state index >= 15 is 0 Å². The molecule has 30 heavy (non-hydrogen) atoms. The molecule has 1 amide bonds. The topological polar surface area (TPSA) is 84.5 Å². The second kappa shape index (κ2) is 9.19. The maximum Gasteiger partial charge on any atom is 0.262 e. The van der Waals surface area contributed by atoms with E-state index in [1.165, 1.54) is 12.1 Å². The molecule has 0 heterocycles. The number of nitrogens with one attached hydrogen (secondary N) is 2. The third-order valence-electron chi connectivity index (χ3n) is 4.29. The Morgan fingerprint density at radius 2 is 1.70 bits per heavy atom. The third-order valence-corrected chi connectivity index (χ3v) is 5.91. The number of anilines is 2. The Labute approximate surface area is 180 Å². The summed E-state index contributed by atoms with van der Waals surface area (Å²) in [5.41, 5.74) is 1.93. The molecule has 156 valence electrons. The molecule has 0 atom stereocenters. The van der Waals surface area contributed by atoms with Crippen molar-refractivity contribution in [1.29, 1.82) is 0 Å². The fourth-order valence-electron chi connectivity index (χ4n) is 2.78. The number of aryl methyl sites for hydroxylation is 1. The standard InChI is InChI=1S/C22H21ClN2O4S/c1-3-29-21-7-5-4-6-20(21)25-30(27,28)18-12-13-19(15(2)14-18)24-22(26)16-8-10-17(23)11-9-16/h4-14,25H,3H2,1-2H3,(H,24,26). The Kier molecular flexibility index (Phi) is 6.64. The van der Waals surface area contributed by atoms with Crippen molar-refractivity contribution in [3.05, 3.63) is 82.9 Å². The van der Waals surface area contributed by atoms with Crippen molar-refractivity contribution in [2.45, 2.75) is 18.7 Å². The first-order valence-electron chi connectivity index (χ1n) is 9.22. The minimum Gasteiger partial charge on any atom is -0.492 e. The monoisotopic (exact) mass is 444 g/mol. The van der Waals surface area contributed by atoms with E-state index in [-0.39, 0.29) is 10.8 Å². The lowest BCUT2D eigenvalue weighted by Crippen LogP contribution is -2.15. The van der Waals surface area contributed by atoms with Crippen LogP contribution in [0.25, 0.3) is 0 Å². The maximum absolute atomic E-state index is 12.8. The van der Waals surface area contributed by atoms with E-state index in [0.29, 0.717) is 39.9 Å². The molecule has 6 nitrogen and oxygen atoms in total. The van der Waals surface area contributed by atoms with E-state index in [4.69, 9.17) is 16.3 Å². The minimum atomic E-state index is -3.84. The number of benzene rings is 3. The first-order chi connectivity index (χ1) is 14.3. The summed E-state index contributed by atoms with van der Waals surface area (Å²) in [5, 5.41) is 3.32. The molecule has 0 fully saturated rings. The first-order valence-corrected chi connectivity index (χ1v) is 11.1. The number of para-hydroxylation sites is 2. The Bertz CT molecular complexity index is 1160. The molecule has 0 aliphatic rings. The number of hydrogen-bond donors (Lipinski definition) is 2. The SMILES string of the molecule is CCOc1ccccc1NS(=O)(=O)c1ccc(NC(=O)c2ccc(Cl)cc2)c(C)c1. The van der Waals surface area contributed by atoms with Crippen molar-refractivity contribution in [1.82, 2.24) is 0 Å². The zero-order valence-corrected chi connectivity index (χ0v) is 18.0. The van der Waals surface area contributed by atoms with Gasteiger partial charge in [-0.2, -0.15) is 0 Å². The van der Waals surface area contributed by atoms with Gasteiger partial charge in [0.15, 0.2) is 0 Å². The summed E-state index contributed by atoms with van der Waals surface area (Å²) in [6.45, 7) is 3.97. The highest BCUT2D eigenvalue weighted by Gasteiger charge is 2.18. The van der Waals surface area contributed by atoms with Gasteiger partial charge in [-0.3, -0.25) is 9.52 Å². The van der Waals surface area contributed by atoms with Crippen molar-refractivity contribution in [2.75, 3.05) is 16.6 Å². The Hall–Kier alpha value is -3.03. The third kappa shape index (κ3) is 5.11. The highest BCUT2D eigenvalue weighted by atomic mass is 35.5. The van der Waals surface area contributed by atoms with E-state index in [0.717, 1.165) is 0 Å². The van der Waals surface area contributed by atoms with Crippen molar-refractivity contribution in [3.63, 3.8) is 0 Å². The van der Waals surface area contributed by atoms with E-state index < -0.39 is 10.0 Å². The van der Waals surface area contributed by atoms with Crippen LogP contribution in [0.3, 0.4) is 0 Å². The van der Waals surface area contributed by atoms with E-state index in [1.807, 2.05) is 6.92 Å². The first kappa shape index (κ1) is 21.7. The second-order valence-electron chi connectivity index (χ2n) is 6.47. The molecule has 3 aromatic carbocycles. The van der Waals surface area contributed by atoms with Crippen LogP contribution in [0.1, 0.15) is 22.8 Å². The van der Waals surface area contributed by atoms with Gasteiger partial charge in [0.2, 0.25) is 0 Å². The average molecular weight is 445 g/mol. The largest absolute Gasteiger partial charge is 0.492 e. The minimum absolute atomic E-state index is 0.0794.